The molecule has 0 saturated carbocycles. The highest BCUT2D eigenvalue weighted by Gasteiger charge is 2.22. The smallest absolute Gasteiger partial charge is 0.278 e. The van der Waals surface area contributed by atoms with Crippen LogP contribution in [0.3, 0.4) is 0 Å². The molecule has 0 bridgehead atoms. The van der Waals surface area contributed by atoms with Gasteiger partial charge in [-0.3, -0.25) is 4.79 Å². The number of fused-ring (bicyclic) bond motifs is 1. The van der Waals surface area contributed by atoms with E-state index < -0.39 is 57.7 Å². The van der Waals surface area contributed by atoms with Gasteiger partial charge in [-0.1, -0.05) is 11.8 Å². The summed E-state index contributed by atoms with van der Waals surface area (Å²) in [6.07, 6.45) is 0. The van der Waals surface area contributed by atoms with Crippen LogP contribution in [0.15, 0.2) is 33.7 Å². The zero-order chi connectivity index (χ0) is 21.6. The highest BCUT2D eigenvalue weighted by molar-refractivity contribution is 7.98. The molecule has 0 amide bonds. The van der Waals surface area contributed by atoms with Crippen molar-refractivity contribution in [2.75, 3.05) is 0 Å². The Morgan fingerprint density at radius 3 is 2.43 bits per heavy atom. The van der Waals surface area contributed by atoms with Crippen LogP contribution in [-0.4, -0.2) is 24.6 Å². The molecule has 4 rings (SSSR count). The average Bonchev–Trinajstić information content (AvgIpc) is 3.13. The number of pyridine rings is 1. The average molecular weight is 458 g/mol. The van der Waals surface area contributed by atoms with Gasteiger partial charge in [0.1, 0.15) is 27.8 Å². The van der Waals surface area contributed by atoms with Crippen LogP contribution in [0.2, 0.25) is 0 Å². The van der Waals surface area contributed by atoms with Gasteiger partial charge in [-0.25, -0.2) is 32.1 Å². The molecule has 13 heteroatoms. The molecule has 0 atom stereocenters. The van der Waals surface area contributed by atoms with Crippen molar-refractivity contribution < 1.29 is 27.1 Å². The molecular formula is C17H7F5N4O2S2. The van der Waals surface area contributed by atoms with Crippen molar-refractivity contribution >= 4 is 33.4 Å². The summed E-state index contributed by atoms with van der Waals surface area (Å²) in [5.74, 6) is -7.75. The minimum atomic E-state index is -1.37. The van der Waals surface area contributed by atoms with Crippen molar-refractivity contribution in [2.24, 2.45) is 0 Å². The number of hydrogen-bond donors (Lipinski definition) is 1. The van der Waals surface area contributed by atoms with Crippen LogP contribution in [0.1, 0.15) is 5.56 Å². The Bertz CT molecular complexity index is 1340. The van der Waals surface area contributed by atoms with Crippen LogP contribution in [0.4, 0.5) is 22.0 Å². The molecule has 1 aromatic carbocycles. The largest absolute Gasteiger partial charge is 0.491 e. The first-order valence-corrected chi connectivity index (χ1v) is 9.80. The molecule has 3 aromatic heterocycles. The molecule has 0 saturated heterocycles. The number of aromatic hydroxyl groups is 1. The number of nitrogens with zero attached hydrogens (tertiary/aromatic N) is 4. The molecule has 0 radical (unpaired) electrons. The second kappa shape index (κ2) is 7.65. The van der Waals surface area contributed by atoms with Crippen LogP contribution < -0.4 is 5.56 Å². The highest BCUT2D eigenvalue weighted by Crippen LogP contribution is 2.29. The fourth-order valence-electron chi connectivity index (χ4n) is 2.56. The minimum Gasteiger partial charge on any atom is -0.491 e. The Hall–Kier alpha value is -3.06. The van der Waals surface area contributed by atoms with E-state index in [-0.39, 0.29) is 15.5 Å². The van der Waals surface area contributed by atoms with E-state index in [1.165, 1.54) is 5.51 Å². The van der Waals surface area contributed by atoms with Crippen molar-refractivity contribution in [3.8, 4) is 11.6 Å². The molecule has 0 aliphatic rings. The molecule has 3 heterocycles. The normalized spacial score (nSPS) is 11.4. The van der Waals surface area contributed by atoms with Crippen LogP contribution in [0.25, 0.3) is 16.0 Å². The van der Waals surface area contributed by atoms with Gasteiger partial charge in [-0.05, 0) is 0 Å². The summed E-state index contributed by atoms with van der Waals surface area (Å²) in [5.41, 5.74) is -0.688. The van der Waals surface area contributed by atoms with E-state index in [1.807, 2.05) is 0 Å². The van der Waals surface area contributed by atoms with Gasteiger partial charge in [0.05, 0.1) is 5.51 Å². The lowest BCUT2D eigenvalue weighted by Gasteiger charge is -2.13. The first-order chi connectivity index (χ1) is 14.3. The molecule has 4 aromatic rings. The standard InChI is InChI=1S/C17H7F5N4O2S2/c18-6-1-8(19)7(9(20)2-6)4-29-17-25-14-12(30-5-23-14)16(28)26(17)11-3-10(21)15(27)24-13(11)22/h1-3,5H,4H2,(H,24,27). The number of aromatic nitrogens is 4. The third-order valence-corrected chi connectivity index (χ3v) is 5.69. The zero-order valence-electron chi connectivity index (χ0n) is 14.4. The lowest BCUT2D eigenvalue weighted by molar-refractivity contribution is 0.394. The minimum absolute atomic E-state index is 0.00332. The monoisotopic (exact) mass is 458 g/mol. The fraction of sp³-hybridized carbons (Fsp3) is 0.0588. The van der Waals surface area contributed by atoms with Crippen LogP contribution in [0, 0.1) is 29.2 Å². The fourth-order valence-corrected chi connectivity index (χ4v) is 4.22. The van der Waals surface area contributed by atoms with Crippen LogP contribution in [-0.2, 0) is 5.75 Å². The van der Waals surface area contributed by atoms with Gasteiger partial charge < -0.3 is 5.11 Å². The third kappa shape index (κ3) is 3.50. The van der Waals surface area contributed by atoms with Crippen LogP contribution in [0.5, 0.6) is 5.88 Å². The molecule has 0 aliphatic carbocycles. The molecule has 0 unspecified atom stereocenters. The number of rotatable bonds is 4. The van der Waals surface area contributed by atoms with E-state index in [2.05, 4.69) is 15.0 Å². The number of thiazole rings is 1. The van der Waals surface area contributed by atoms with E-state index >= 15 is 0 Å². The van der Waals surface area contributed by atoms with E-state index in [0.29, 0.717) is 34.5 Å². The third-order valence-electron chi connectivity index (χ3n) is 3.92. The lowest BCUT2D eigenvalue weighted by atomic mass is 10.2. The summed E-state index contributed by atoms with van der Waals surface area (Å²) < 4.78 is 69.8. The van der Waals surface area contributed by atoms with Gasteiger partial charge in [0.15, 0.2) is 16.6 Å². The summed E-state index contributed by atoms with van der Waals surface area (Å²) in [6.45, 7) is 0. The van der Waals surface area contributed by atoms with Gasteiger partial charge in [0, 0.05) is 29.5 Å². The maximum Gasteiger partial charge on any atom is 0.278 e. The number of hydrogen-bond acceptors (Lipinski definition) is 7. The molecule has 30 heavy (non-hydrogen) atoms. The van der Waals surface area contributed by atoms with Gasteiger partial charge in [0.25, 0.3) is 11.4 Å². The Kier molecular flexibility index (Phi) is 5.15. The first-order valence-electron chi connectivity index (χ1n) is 7.94. The van der Waals surface area contributed by atoms with Crippen molar-refractivity contribution in [3.63, 3.8) is 0 Å². The van der Waals surface area contributed by atoms with Gasteiger partial charge >= 0.3 is 0 Å². The maximum absolute atomic E-state index is 14.3. The predicted octanol–water partition coefficient (Wildman–Crippen LogP) is 3.93. The summed E-state index contributed by atoms with van der Waals surface area (Å²) in [5, 5.41) is 8.96. The number of thioether (sulfide) groups is 1. The lowest BCUT2D eigenvalue weighted by Crippen LogP contribution is -2.22. The molecule has 0 fully saturated rings. The molecule has 0 spiro atoms. The summed E-state index contributed by atoms with van der Waals surface area (Å²) in [6, 6.07) is 1.51. The molecular weight excluding hydrogens is 451 g/mol. The van der Waals surface area contributed by atoms with Crippen molar-refractivity contribution in [1.29, 1.82) is 0 Å². The molecule has 6 nitrogen and oxygen atoms in total. The summed E-state index contributed by atoms with van der Waals surface area (Å²) >= 11 is 1.52. The van der Waals surface area contributed by atoms with Crippen molar-refractivity contribution in [3.05, 3.63) is 68.8 Å². The van der Waals surface area contributed by atoms with Gasteiger partial charge in [-0.15, -0.1) is 11.3 Å². The summed E-state index contributed by atoms with van der Waals surface area (Å²) in [4.78, 5) is 23.8. The second-order valence-electron chi connectivity index (χ2n) is 5.78. The Morgan fingerprint density at radius 2 is 1.73 bits per heavy atom. The maximum atomic E-state index is 14.3. The van der Waals surface area contributed by atoms with Gasteiger partial charge in [0.2, 0.25) is 5.95 Å². The van der Waals surface area contributed by atoms with E-state index in [4.69, 9.17) is 0 Å². The van der Waals surface area contributed by atoms with E-state index in [9.17, 15) is 31.9 Å². The molecule has 1 N–H and O–H groups in total. The van der Waals surface area contributed by atoms with E-state index in [0.717, 1.165) is 11.3 Å². The Labute approximate surface area is 171 Å². The Balaban J connectivity index is 1.87. The summed E-state index contributed by atoms with van der Waals surface area (Å²) in [7, 11) is 0. The Morgan fingerprint density at radius 1 is 1.03 bits per heavy atom. The molecule has 154 valence electrons. The van der Waals surface area contributed by atoms with E-state index in [1.54, 1.807) is 0 Å². The molecule has 0 aliphatic heterocycles. The van der Waals surface area contributed by atoms with Crippen LogP contribution >= 0.6 is 23.1 Å². The highest BCUT2D eigenvalue weighted by atomic mass is 32.2. The number of halogens is 5. The van der Waals surface area contributed by atoms with Crippen molar-refractivity contribution in [1.82, 2.24) is 19.5 Å². The SMILES string of the molecule is O=c1c2scnc2nc(SCc2c(F)cc(F)cc2F)n1-c1cc(F)c(O)nc1F. The quantitative estimate of drug-likeness (QED) is 0.216. The van der Waals surface area contributed by atoms with Gasteiger partial charge in [-0.2, -0.15) is 9.37 Å². The predicted molar refractivity (Wildman–Crippen MR) is 98.3 cm³/mol. The topological polar surface area (TPSA) is 80.9 Å². The number of benzene rings is 1. The first kappa shape index (κ1) is 20.2. The second-order valence-corrected chi connectivity index (χ2v) is 7.58. The zero-order valence-corrected chi connectivity index (χ0v) is 16.0. The van der Waals surface area contributed by atoms with Crippen molar-refractivity contribution in [2.45, 2.75) is 10.9 Å².